The SMILES string of the molecule is CCOC(=O)[C@H](C)N[P@](=O)(Oc1ccccc1)Sc1c(F)c(F)c(F)c(F)c1F. The van der Waals surface area contributed by atoms with Gasteiger partial charge in [0.2, 0.25) is 5.82 Å². The van der Waals surface area contributed by atoms with Crippen molar-refractivity contribution in [1.29, 1.82) is 0 Å². The molecular weight excluding hydrogens is 440 g/mol. The highest BCUT2D eigenvalue weighted by Gasteiger charge is 2.37. The number of rotatable bonds is 8. The number of para-hydroxylation sites is 1. The van der Waals surface area contributed by atoms with Crippen LogP contribution in [0, 0.1) is 29.1 Å². The maximum absolute atomic E-state index is 14.1. The Morgan fingerprint density at radius 1 is 1.03 bits per heavy atom. The topological polar surface area (TPSA) is 64.6 Å². The van der Waals surface area contributed by atoms with Crippen molar-refractivity contribution in [3.8, 4) is 5.75 Å². The second kappa shape index (κ2) is 9.60. The number of benzene rings is 2. The largest absolute Gasteiger partial charge is 0.465 e. The van der Waals surface area contributed by atoms with Crippen LogP contribution in [0.15, 0.2) is 35.2 Å². The molecule has 0 aliphatic rings. The Bertz CT molecular complexity index is 918. The van der Waals surface area contributed by atoms with Crippen LogP contribution in [0.3, 0.4) is 0 Å². The molecule has 0 aliphatic carbocycles. The van der Waals surface area contributed by atoms with Gasteiger partial charge in [-0.05, 0) is 26.0 Å². The van der Waals surface area contributed by atoms with E-state index in [-0.39, 0.29) is 23.7 Å². The molecule has 5 nitrogen and oxygen atoms in total. The lowest BCUT2D eigenvalue weighted by molar-refractivity contribution is -0.144. The van der Waals surface area contributed by atoms with Gasteiger partial charge in [0.1, 0.15) is 11.8 Å². The van der Waals surface area contributed by atoms with Gasteiger partial charge in [0.15, 0.2) is 23.3 Å². The lowest BCUT2D eigenvalue weighted by Crippen LogP contribution is -2.33. The highest BCUT2D eigenvalue weighted by Crippen LogP contribution is 2.60. The van der Waals surface area contributed by atoms with Gasteiger partial charge >= 0.3 is 12.7 Å². The first-order chi connectivity index (χ1) is 13.6. The summed E-state index contributed by atoms with van der Waals surface area (Å²) in [5.41, 5.74) is 0. The van der Waals surface area contributed by atoms with Crippen LogP contribution in [0.4, 0.5) is 22.0 Å². The predicted molar refractivity (Wildman–Crippen MR) is 96.0 cm³/mol. The molecule has 12 heteroatoms. The van der Waals surface area contributed by atoms with Crippen molar-refractivity contribution >= 4 is 24.1 Å². The van der Waals surface area contributed by atoms with Crippen molar-refractivity contribution in [2.75, 3.05) is 6.61 Å². The van der Waals surface area contributed by atoms with Crippen LogP contribution in [0.25, 0.3) is 0 Å². The summed E-state index contributed by atoms with van der Waals surface area (Å²) >= 11 is -0.242. The number of nitrogens with one attached hydrogen (secondary N) is 1. The molecule has 29 heavy (non-hydrogen) atoms. The van der Waals surface area contributed by atoms with E-state index in [0.29, 0.717) is 0 Å². The van der Waals surface area contributed by atoms with Gasteiger partial charge < -0.3 is 9.26 Å². The molecule has 2 aromatic carbocycles. The zero-order valence-electron chi connectivity index (χ0n) is 15.0. The molecule has 2 rings (SSSR count). The van der Waals surface area contributed by atoms with E-state index in [1.54, 1.807) is 6.07 Å². The summed E-state index contributed by atoms with van der Waals surface area (Å²) < 4.78 is 91.6. The molecule has 0 aromatic heterocycles. The van der Waals surface area contributed by atoms with Crippen LogP contribution in [-0.4, -0.2) is 18.6 Å². The standard InChI is InChI=1S/C17H15F5NO4PS/c1-3-26-17(24)9(2)23-28(25,27-10-7-5-4-6-8-10)29-16-14(21)12(19)11(18)13(20)15(16)22/h4-9H,3H2,1-2H3,(H,23,25)/t9-,28-/m0/s1. The van der Waals surface area contributed by atoms with Crippen molar-refractivity contribution in [3.05, 3.63) is 59.4 Å². The first-order valence-corrected chi connectivity index (χ1v) is 11.1. The maximum atomic E-state index is 14.1. The summed E-state index contributed by atoms with van der Waals surface area (Å²) in [7, 11) is 0. The summed E-state index contributed by atoms with van der Waals surface area (Å²) in [6.07, 6.45) is 0. The molecule has 0 fully saturated rings. The molecular formula is C17H15F5NO4PS. The van der Waals surface area contributed by atoms with Crippen molar-refractivity contribution < 1.29 is 40.6 Å². The summed E-state index contributed by atoms with van der Waals surface area (Å²) in [6, 6.07) is 6.02. The van der Waals surface area contributed by atoms with Crippen molar-refractivity contribution in [1.82, 2.24) is 5.09 Å². The summed E-state index contributed by atoms with van der Waals surface area (Å²) in [4.78, 5) is 10.4. The van der Waals surface area contributed by atoms with E-state index in [1.165, 1.54) is 38.1 Å². The minimum absolute atomic E-state index is 0.000515. The second-order valence-electron chi connectivity index (χ2n) is 5.49. The molecule has 158 valence electrons. The predicted octanol–water partition coefficient (Wildman–Crippen LogP) is 5.20. The molecule has 0 radical (unpaired) electrons. The Hall–Kier alpha value is -2.10. The number of esters is 1. The first kappa shape index (κ1) is 23.2. The number of ether oxygens (including phenoxy) is 1. The third-order valence-corrected chi connectivity index (χ3v) is 7.09. The Balaban J connectivity index is 2.46. The van der Waals surface area contributed by atoms with Gasteiger partial charge in [-0.1, -0.05) is 18.2 Å². The number of carbonyl (C=O) groups is 1. The molecule has 0 bridgehead atoms. The van der Waals surface area contributed by atoms with Crippen molar-refractivity contribution in [2.24, 2.45) is 0 Å². The van der Waals surface area contributed by atoms with Crippen molar-refractivity contribution in [2.45, 2.75) is 24.8 Å². The molecule has 0 aliphatic heterocycles. The van der Waals surface area contributed by atoms with Crippen LogP contribution >= 0.6 is 18.1 Å². The van der Waals surface area contributed by atoms with E-state index >= 15 is 0 Å². The monoisotopic (exact) mass is 455 g/mol. The molecule has 1 N–H and O–H groups in total. The third-order valence-electron chi connectivity index (χ3n) is 3.34. The zero-order chi connectivity index (χ0) is 21.8. The second-order valence-corrected chi connectivity index (χ2v) is 9.51. The quantitative estimate of drug-likeness (QED) is 0.194. The average molecular weight is 455 g/mol. The molecule has 0 heterocycles. The molecule has 0 unspecified atom stereocenters. The van der Waals surface area contributed by atoms with E-state index in [2.05, 4.69) is 5.09 Å². The lowest BCUT2D eigenvalue weighted by Gasteiger charge is -2.23. The molecule has 2 atom stereocenters. The van der Waals surface area contributed by atoms with Crippen LogP contribution in [0.5, 0.6) is 5.75 Å². The molecule has 0 amide bonds. The normalized spacial score (nSPS) is 14.2. The fourth-order valence-electron chi connectivity index (χ4n) is 2.03. The summed E-state index contributed by atoms with van der Waals surface area (Å²) in [5, 5.41) is 2.23. The molecule has 0 saturated carbocycles. The Labute approximate surface area is 166 Å². The molecule has 0 spiro atoms. The highest BCUT2D eigenvalue weighted by atomic mass is 32.7. The van der Waals surface area contributed by atoms with E-state index < -0.39 is 52.7 Å². The van der Waals surface area contributed by atoms with Crippen LogP contribution < -0.4 is 9.61 Å². The highest BCUT2D eigenvalue weighted by molar-refractivity contribution is 8.56. The maximum Gasteiger partial charge on any atom is 0.379 e. The number of hydrogen-bond donors (Lipinski definition) is 1. The van der Waals surface area contributed by atoms with Crippen LogP contribution in [0.2, 0.25) is 0 Å². The Morgan fingerprint density at radius 2 is 1.55 bits per heavy atom. The molecule has 2 aromatic rings. The van der Waals surface area contributed by atoms with E-state index in [9.17, 15) is 31.3 Å². The first-order valence-electron chi connectivity index (χ1n) is 8.09. The fraction of sp³-hybridized carbons (Fsp3) is 0.235. The van der Waals surface area contributed by atoms with E-state index in [1.807, 2.05) is 0 Å². The van der Waals surface area contributed by atoms with Gasteiger partial charge in [-0.25, -0.2) is 31.6 Å². The number of hydrogen-bond acceptors (Lipinski definition) is 5. The fourth-order valence-corrected chi connectivity index (χ4v) is 5.94. The van der Waals surface area contributed by atoms with Gasteiger partial charge in [0.05, 0.1) is 11.5 Å². The van der Waals surface area contributed by atoms with Gasteiger partial charge in [0.25, 0.3) is 0 Å². The van der Waals surface area contributed by atoms with E-state index in [0.717, 1.165) is 0 Å². The molecule has 0 saturated heterocycles. The Kier molecular flexibility index (Phi) is 7.67. The zero-order valence-corrected chi connectivity index (χ0v) is 16.8. The van der Waals surface area contributed by atoms with Gasteiger partial charge in [-0.2, -0.15) is 0 Å². The summed E-state index contributed by atoms with van der Waals surface area (Å²) in [5.74, 6) is -12.0. The minimum Gasteiger partial charge on any atom is -0.465 e. The van der Waals surface area contributed by atoms with Gasteiger partial charge in [-0.15, -0.1) is 0 Å². The van der Waals surface area contributed by atoms with Crippen LogP contribution in [0.1, 0.15) is 13.8 Å². The smallest absolute Gasteiger partial charge is 0.379 e. The van der Waals surface area contributed by atoms with Crippen LogP contribution in [-0.2, 0) is 14.1 Å². The number of carbonyl (C=O) groups excluding carboxylic acids is 1. The average Bonchev–Trinajstić information content (AvgIpc) is 2.69. The van der Waals surface area contributed by atoms with Gasteiger partial charge in [0, 0.05) is 11.4 Å². The van der Waals surface area contributed by atoms with Gasteiger partial charge in [-0.3, -0.25) is 4.79 Å². The lowest BCUT2D eigenvalue weighted by atomic mass is 10.3. The third kappa shape index (κ3) is 5.49. The Morgan fingerprint density at radius 3 is 2.07 bits per heavy atom. The summed E-state index contributed by atoms with van der Waals surface area (Å²) in [6.45, 7) is -1.72. The van der Waals surface area contributed by atoms with Crippen molar-refractivity contribution in [3.63, 3.8) is 0 Å². The van der Waals surface area contributed by atoms with E-state index in [4.69, 9.17) is 9.26 Å². The number of halogens is 5. The minimum atomic E-state index is -4.48.